The highest BCUT2D eigenvalue weighted by Crippen LogP contribution is 2.38. The first-order chi connectivity index (χ1) is 12.6. The van der Waals surface area contributed by atoms with E-state index in [-0.39, 0.29) is 0 Å². The average Bonchev–Trinajstić information content (AvgIpc) is 2.70. The summed E-state index contributed by atoms with van der Waals surface area (Å²) in [5.41, 5.74) is 4.83. The van der Waals surface area contributed by atoms with E-state index in [0.717, 1.165) is 47.0 Å². The van der Waals surface area contributed by atoms with Crippen molar-refractivity contribution < 1.29 is 18.9 Å². The maximum atomic E-state index is 5.47. The highest BCUT2D eigenvalue weighted by Gasteiger charge is 2.14. The fraction of sp³-hybridized carbons (Fsp3) is 0.364. The average molecular weight is 356 g/mol. The highest BCUT2D eigenvalue weighted by atomic mass is 16.5. The zero-order valence-corrected chi connectivity index (χ0v) is 16.5. The van der Waals surface area contributed by atoms with E-state index in [2.05, 4.69) is 26.0 Å². The van der Waals surface area contributed by atoms with Gasteiger partial charge >= 0.3 is 0 Å². The number of benzene rings is 2. The first-order valence-corrected chi connectivity index (χ1v) is 8.80. The third kappa shape index (κ3) is 3.96. The molecule has 0 aliphatic heterocycles. The molecule has 0 aliphatic rings. The van der Waals surface area contributed by atoms with Gasteiger partial charge in [0.1, 0.15) is 0 Å². The number of hydrogen-bond donors (Lipinski definition) is 0. The molecule has 0 aromatic heterocycles. The summed E-state index contributed by atoms with van der Waals surface area (Å²) in [6.45, 7) is 4.34. The summed E-state index contributed by atoms with van der Waals surface area (Å²) in [6, 6.07) is 12.1. The standard InChI is InChI=1S/C22H28O4/c1-7-17(15-9-11-19(23-3)21(13-15)25-5)18(8-2)16-10-12-20(24-4)22(14-16)26-6/h9-14H,7-8H2,1-6H3/b18-17+. The van der Waals surface area contributed by atoms with Gasteiger partial charge in [-0.2, -0.15) is 0 Å². The SMILES string of the molecule is CC/C(=C(/CC)c1ccc(OC)c(OC)c1)c1ccc(OC)c(OC)c1. The molecule has 26 heavy (non-hydrogen) atoms. The highest BCUT2D eigenvalue weighted by molar-refractivity contribution is 5.91. The number of hydrogen-bond acceptors (Lipinski definition) is 4. The fourth-order valence-electron chi connectivity index (χ4n) is 3.23. The molecule has 0 unspecified atom stereocenters. The van der Waals surface area contributed by atoms with Crippen molar-refractivity contribution >= 4 is 11.1 Å². The van der Waals surface area contributed by atoms with Crippen molar-refractivity contribution in [1.82, 2.24) is 0 Å². The van der Waals surface area contributed by atoms with Crippen molar-refractivity contribution in [1.29, 1.82) is 0 Å². The molecule has 2 aromatic rings. The molecule has 0 heterocycles. The van der Waals surface area contributed by atoms with Gasteiger partial charge in [0.15, 0.2) is 23.0 Å². The lowest BCUT2D eigenvalue weighted by Crippen LogP contribution is -1.96. The maximum absolute atomic E-state index is 5.47. The Morgan fingerprint density at radius 2 is 0.923 bits per heavy atom. The van der Waals surface area contributed by atoms with Crippen LogP contribution in [0.5, 0.6) is 23.0 Å². The van der Waals surface area contributed by atoms with Gasteiger partial charge in [-0.1, -0.05) is 26.0 Å². The zero-order valence-electron chi connectivity index (χ0n) is 16.5. The molecule has 4 nitrogen and oxygen atoms in total. The summed E-state index contributed by atoms with van der Waals surface area (Å²) in [7, 11) is 6.61. The van der Waals surface area contributed by atoms with Crippen LogP contribution < -0.4 is 18.9 Å². The van der Waals surface area contributed by atoms with Crippen molar-refractivity contribution in [2.45, 2.75) is 26.7 Å². The predicted octanol–water partition coefficient (Wildman–Crippen LogP) is 5.45. The molecule has 0 atom stereocenters. The van der Waals surface area contributed by atoms with E-state index >= 15 is 0 Å². The Labute approximate surface area is 156 Å². The zero-order chi connectivity index (χ0) is 19.1. The normalized spacial score (nSPS) is 11.6. The molecular weight excluding hydrogens is 328 g/mol. The van der Waals surface area contributed by atoms with E-state index in [1.807, 2.05) is 24.3 Å². The molecule has 0 N–H and O–H groups in total. The van der Waals surface area contributed by atoms with Gasteiger partial charge in [-0.15, -0.1) is 0 Å². The van der Waals surface area contributed by atoms with Crippen LogP contribution in [0.25, 0.3) is 11.1 Å². The molecule has 0 radical (unpaired) electrons. The first kappa shape index (κ1) is 19.7. The third-order valence-electron chi connectivity index (χ3n) is 4.54. The number of methoxy groups -OCH3 is 4. The topological polar surface area (TPSA) is 36.9 Å². The predicted molar refractivity (Wildman–Crippen MR) is 106 cm³/mol. The van der Waals surface area contributed by atoms with Crippen molar-refractivity contribution in [2.75, 3.05) is 28.4 Å². The maximum Gasteiger partial charge on any atom is 0.161 e. The molecule has 0 spiro atoms. The van der Waals surface area contributed by atoms with Gasteiger partial charge in [0.05, 0.1) is 28.4 Å². The van der Waals surface area contributed by atoms with Crippen LogP contribution in [0, 0.1) is 0 Å². The second-order valence-corrected chi connectivity index (χ2v) is 5.80. The molecule has 0 saturated heterocycles. The molecule has 2 aromatic carbocycles. The van der Waals surface area contributed by atoms with E-state index in [9.17, 15) is 0 Å². The Kier molecular flexibility index (Phi) is 6.96. The Morgan fingerprint density at radius 1 is 0.577 bits per heavy atom. The van der Waals surface area contributed by atoms with Crippen LogP contribution in [0.3, 0.4) is 0 Å². The Bertz CT molecular complexity index is 712. The molecule has 0 amide bonds. The van der Waals surface area contributed by atoms with Crippen LogP contribution in [-0.4, -0.2) is 28.4 Å². The molecule has 2 rings (SSSR count). The second-order valence-electron chi connectivity index (χ2n) is 5.80. The summed E-state index contributed by atoms with van der Waals surface area (Å²) in [4.78, 5) is 0. The monoisotopic (exact) mass is 356 g/mol. The van der Waals surface area contributed by atoms with Crippen LogP contribution in [0.2, 0.25) is 0 Å². The minimum absolute atomic E-state index is 0.732. The molecule has 0 saturated carbocycles. The lowest BCUT2D eigenvalue weighted by atomic mass is 9.91. The quantitative estimate of drug-likeness (QED) is 0.589. The van der Waals surface area contributed by atoms with E-state index in [1.54, 1.807) is 28.4 Å². The molecular formula is C22H28O4. The molecule has 140 valence electrons. The van der Waals surface area contributed by atoms with Crippen molar-refractivity contribution in [3.63, 3.8) is 0 Å². The Morgan fingerprint density at radius 3 is 1.19 bits per heavy atom. The molecule has 0 bridgehead atoms. The van der Waals surface area contributed by atoms with Gasteiger partial charge in [0.25, 0.3) is 0 Å². The summed E-state index contributed by atoms with van der Waals surface area (Å²) >= 11 is 0. The lowest BCUT2D eigenvalue weighted by molar-refractivity contribution is 0.355. The third-order valence-corrected chi connectivity index (χ3v) is 4.54. The van der Waals surface area contributed by atoms with Crippen molar-refractivity contribution in [3.05, 3.63) is 47.5 Å². The van der Waals surface area contributed by atoms with Crippen LogP contribution >= 0.6 is 0 Å². The van der Waals surface area contributed by atoms with E-state index in [1.165, 1.54) is 11.1 Å². The molecule has 0 fully saturated rings. The molecule has 0 aliphatic carbocycles. The van der Waals surface area contributed by atoms with E-state index in [4.69, 9.17) is 18.9 Å². The van der Waals surface area contributed by atoms with Crippen LogP contribution in [0.15, 0.2) is 36.4 Å². The van der Waals surface area contributed by atoms with Gasteiger partial charge in [-0.05, 0) is 59.4 Å². The minimum atomic E-state index is 0.732. The van der Waals surface area contributed by atoms with Crippen molar-refractivity contribution in [2.24, 2.45) is 0 Å². The van der Waals surface area contributed by atoms with Gasteiger partial charge < -0.3 is 18.9 Å². The summed E-state index contributed by atoms with van der Waals surface area (Å²) in [6.07, 6.45) is 1.82. The smallest absolute Gasteiger partial charge is 0.161 e. The number of rotatable bonds is 8. The summed E-state index contributed by atoms with van der Waals surface area (Å²) in [5, 5.41) is 0. The lowest BCUT2D eigenvalue weighted by Gasteiger charge is -2.17. The summed E-state index contributed by atoms with van der Waals surface area (Å²) in [5.74, 6) is 2.93. The minimum Gasteiger partial charge on any atom is -0.493 e. The van der Waals surface area contributed by atoms with E-state index < -0.39 is 0 Å². The van der Waals surface area contributed by atoms with Gasteiger partial charge in [0, 0.05) is 0 Å². The van der Waals surface area contributed by atoms with Gasteiger partial charge in [-0.25, -0.2) is 0 Å². The largest absolute Gasteiger partial charge is 0.493 e. The van der Waals surface area contributed by atoms with Crippen LogP contribution in [0.4, 0.5) is 0 Å². The number of allylic oxidation sites excluding steroid dienone is 2. The number of ether oxygens (including phenoxy) is 4. The van der Waals surface area contributed by atoms with Crippen LogP contribution in [0.1, 0.15) is 37.8 Å². The van der Waals surface area contributed by atoms with Gasteiger partial charge in [-0.3, -0.25) is 0 Å². The van der Waals surface area contributed by atoms with Crippen molar-refractivity contribution in [3.8, 4) is 23.0 Å². The summed E-state index contributed by atoms with van der Waals surface area (Å²) < 4.78 is 21.7. The molecule has 4 heteroatoms. The fourth-order valence-corrected chi connectivity index (χ4v) is 3.23. The Balaban J connectivity index is 2.61. The second kappa shape index (κ2) is 9.18. The van der Waals surface area contributed by atoms with E-state index in [0.29, 0.717) is 0 Å². The first-order valence-electron chi connectivity index (χ1n) is 8.80. The van der Waals surface area contributed by atoms with Gasteiger partial charge in [0.2, 0.25) is 0 Å². The van der Waals surface area contributed by atoms with Crippen LogP contribution in [-0.2, 0) is 0 Å². The Hall–Kier alpha value is -2.62.